The molecule has 27 heavy (non-hydrogen) atoms. The number of amides is 1. The molecule has 1 aliphatic heterocycles. The van der Waals surface area contributed by atoms with E-state index in [1.807, 2.05) is 62.4 Å². The number of carbonyl (C=O) groups is 2. The van der Waals surface area contributed by atoms with Crippen molar-refractivity contribution in [3.63, 3.8) is 0 Å². The minimum atomic E-state index is -0.877. The minimum Gasteiger partial charge on any atom is -0.371 e. The van der Waals surface area contributed by atoms with Crippen molar-refractivity contribution in [1.29, 1.82) is 0 Å². The normalized spacial score (nSPS) is 18.4. The Bertz CT molecular complexity index is 852. The molecule has 0 aromatic heterocycles. The van der Waals surface area contributed by atoms with E-state index in [0.717, 1.165) is 21.3 Å². The van der Waals surface area contributed by atoms with Crippen LogP contribution in [0.2, 0.25) is 0 Å². The van der Waals surface area contributed by atoms with E-state index in [4.69, 9.17) is 4.84 Å². The lowest BCUT2D eigenvalue weighted by Gasteiger charge is -2.32. The van der Waals surface area contributed by atoms with E-state index in [1.165, 1.54) is 12.0 Å². The Morgan fingerprint density at radius 1 is 1.22 bits per heavy atom. The number of anilines is 1. The summed E-state index contributed by atoms with van der Waals surface area (Å²) < 4.78 is 0.900. The molecule has 1 N–H and O–H groups in total. The zero-order valence-electron chi connectivity index (χ0n) is 15.7. The molecule has 5 nitrogen and oxygen atoms in total. The molecule has 6 heteroatoms. The van der Waals surface area contributed by atoms with Gasteiger partial charge in [0.2, 0.25) is 0 Å². The molecule has 0 saturated carbocycles. The van der Waals surface area contributed by atoms with E-state index in [1.54, 1.807) is 0 Å². The van der Waals surface area contributed by atoms with Gasteiger partial charge in [-0.25, -0.2) is 5.06 Å². The van der Waals surface area contributed by atoms with Gasteiger partial charge in [-0.3, -0.25) is 14.4 Å². The molecule has 1 aliphatic rings. The summed E-state index contributed by atoms with van der Waals surface area (Å²) in [7, 11) is 0. The van der Waals surface area contributed by atoms with Crippen LogP contribution in [0.15, 0.2) is 53.0 Å². The first-order chi connectivity index (χ1) is 12.8. The Morgan fingerprint density at radius 3 is 2.59 bits per heavy atom. The fourth-order valence-corrected chi connectivity index (χ4v) is 3.55. The molecular formula is C21H23BrN2O3. The van der Waals surface area contributed by atoms with Crippen molar-refractivity contribution < 1.29 is 14.4 Å². The SMILES string of the molecule is CC(=O)C[C@@H]1c2ccc(Br)cc2NC(C)(C)C(=O)N1OCc1ccccc1. The first kappa shape index (κ1) is 19.6. The van der Waals surface area contributed by atoms with Crippen LogP contribution in [-0.2, 0) is 21.0 Å². The average molecular weight is 431 g/mol. The van der Waals surface area contributed by atoms with Gasteiger partial charge in [0, 0.05) is 22.1 Å². The maximum absolute atomic E-state index is 13.2. The van der Waals surface area contributed by atoms with E-state index >= 15 is 0 Å². The summed E-state index contributed by atoms with van der Waals surface area (Å²) >= 11 is 3.48. The van der Waals surface area contributed by atoms with Gasteiger partial charge < -0.3 is 5.32 Å². The number of hydrogen-bond donors (Lipinski definition) is 1. The number of halogens is 1. The number of ketones is 1. The van der Waals surface area contributed by atoms with Gasteiger partial charge in [0.1, 0.15) is 17.9 Å². The zero-order valence-corrected chi connectivity index (χ0v) is 17.2. The molecule has 1 atom stereocenters. The summed E-state index contributed by atoms with van der Waals surface area (Å²) in [6, 6.07) is 14.9. The highest BCUT2D eigenvalue weighted by Gasteiger charge is 2.42. The van der Waals surface area contributed by atoms with Crippen LogP contribution in [0.3, 0.4) is 0 Å². The van der Waals surface area contributed by atoms with Crippen LogP contribution in [0.5, 0.6) is 0 Å². The average Bonchev–Trinajstić information content (AvgIpc) is 2.67. The van der Waals surface area contributed by atoms with E-state index in [-0.39, 0.29) is 24.7 Å². The number of rotatable bonds is 5. The van der Waals surface area contributed by atoms with Crippen LogP contribution in [0.4, 0.5) is 5.69 Å². The third kappa shape index (κ3) is 4.39. The zero-order chi connectivity index (χ0) is 19.6. The second kappa shape index (κ2) is 7.82. The molecule has 0 bridgehead atoms. The summed E-state index contributed by atoms with van der Waals surface area (Å²) in [4.78, 5) is 31.2. The molecule has 0 saturated heterocycles. The van der Waals surface area contributed by atoms with Gasteiger partial charge in [-0.15, -0.1) is 0 Å². The van der Waals surface area contributed by atoms with Gasteiger partial charge in [0.25, 0.3) is 5.91 Å². The molecule has 1 heterocycles. The third-order valence-electron chi connectivity index (χ3n) is 4.53. The van der Waals surface area contributed by atoms with Crippen molar-refractivity contribution in [3.05, 3.63) is 64.1 Å². The number of Topliss-reactive ketones (excluding diaryl/α,β-unsaturated/α-hetero) is 1. The van der Waals surface area contributed by atoms with Crippen molar-refractivity contribution in [2.24, 2.45) is 0 Å². The van der Waals surface area contributed by atoms with Crippen LogP contribution in [0, 0.1) is 0 Å². The van der Waals surface area contributed by atoms with Gasteiger partial charge in [-0.05, 0) is 38.5 Å². The van der Waals surface area contributed by atoms with Gasteiger partial charge in [0.15, 0.2) is 0 Å². The highest BCUT2D eigenvalue weighted by atomic mass is 79.9. The monoisotopic (exact) mass is 430 g/mol. The fraction of sp³-hybridized carbons (Fsp3) is 0.333. The second-order valence-corrected chi connectivity index (χ2v) is 8.21. The summed E-state index contributed by atoms with van der Waals surface area (Å²) in [6.45, 7) is 5.41. The molecule has 1 amide bonds. The quantitative estimate of drug-likeness (QED) is 0.750. The first-order valence-corrected chi connectivity index (χ1v) is 9.65. The number of hydroxylamine groups is 2. The third-order valence-corrected chi connectivity index (χ3v) is 5.03. The molecule has 0 aliphatic carbocycles. The van der Waals surface area contributed by atoms with E-state index < -0.39 is 11.6 Å². The molecule has 2 aromatic carbocycles. The van der Waals surface area contributed by atoms with Gasteiger partial charge in [-0.2, -0.15) is 0 Å². The smallest absolute Gasteiger partial charge is 0.271 e. The number of carbonyl (C=O) groups excluding carboxylic acids is 2. The summed E-state index contributed by atoms with van der Waals surface area (Å²) in [6.07, 6.45) is 0.187. The number of fused-ring (bicyclic) bond motifs is 1. The van der Waals surface area contributed by atoms with E-state index in [2.05, 4.69) is 21.2 Å². The van der Waals surface area contributed by atoms with Crippen molar-refractivity contribution in [3.8, 4) is 0 Å². The molecule has 0 radical (unpaired) electrons. The summed E-state index contributed by atoms with van der Waals surface area (Å²) in [5.41, 5.74) is 1.76. The van der Waals surface area contributed by atoms with Crippen LogP contribution in [0.25, 0.3) is 0 Å². The fourth-order valence-electron chi connectivity index (χ4n) is 3.19. The molecule has 142 valence electrons. The Morgan fingerprint density at radius 2 is 1.93 bits per heavy atom. The number of nitrogens with one attached hydrogen (secondary N) is 1. The number of nitrogens with zero attached hydrogens (tertiary/aromatic N) is 1. The predicted octanol–water partition coefficient (Wildman–Crippen LogP) is 4.63. The van der Waals surface area contributed by atoms with Crippen LogP contribution < -0.4 is 5.32 Å². The van der Waals surface area contributed by atoms with Crippen LogP contribution >= 0.6 is 15.9 Å². The summed E-state index contributed by atoms with van der Waals surface area (Å²) in [5, 5.41) is 4.68. The molecule has 0 unspecified atom stereocenters. The second-order valence-electron chi connectivity index (χ2n) is 7.29. The molecule has 0 fully saturated rings. The molecule has 3 rings (SSSR count). The summed E-state index contributed by atoms with van der Waals surface area (Å²) in [5.74, 6) is -0.216. The van der Waals surface area contributed by atoms with Crippen molar-refractivity contribution in [2.75, 3.05) is 5.32 Å². The Balaban J connectivity index is 2.01. The van der Waals surface area contributed by atoms with E-state index in [0.29, 0.717) is 0 Å². The van der Waals surface area contributed by atoms with Crippen LogP contribution in [-0.4, -0.2) is 22.3 Å². The highest BCUT2D eigenvalue weighted by Crippen LogP contribution is 2.39. The molecular weight excluding hydrogens is 408 g/mol. The molecule has 0 spiro atoms. The number of benzene rings is 2. The Labute approximate surface area is 167 Å². The Hall–Kier alpha value is -2.18. The van der Waals surface area contributed by atoms with Gasteiger partial charge >= 0.3 is 0 Å². The van der Waals surface area contributed by atoms with Crippen molar-refractivity contribution >= 4 is 33.3 Å². The topological polar surface area (TPSA) is 58.6 Å². The lowest BCUT2D eigenvalue weighted by atomic mass is 10.00. The first-order valence-electron chi connectivity index (χ1n) is 8.85. The van der Waals surface area contributed by atoms with Gasteiger partial charge in [-0.1, -0.05) is 52.3 Å². The highest BCUT2D eigenvalue weighted by molar-refractivity contribution is 9.10. The Kier molecular flexibility index (Phi) is 5.67. The van der Waals surface area contributed by atoms with E-state index in [9.17, 15) is 9.59 Å². The standard InChI is InChI=1S/C21H23BrN2O3/c1-14(25)11-19-17-10-9-16(22)12-18(17)23-21(2,3)20(26)24(19)27-13-15-7-5-4-6-8-15/h4-10,12,19,23H,11,13H2,1-3H3/t19-/m1/s1. The minimum absolute atomic E-state index is 0.00492. The van der Waals surface area contributed by atoms with Crippen molar-refractivity contribution in [1.82, 2.24) is 5.06 Å². The lowest BCUT2D eigenvalue weighted by molar-refractivity contribution is -0.210. The maximum atomic E-state index is 13.2. The van der Waals surface area contributed by atoms with Gasteiger partial charge in [0.05, 0.1) is 6.04 Å². The van der Waals surface area contributed by atoms with Crippen LogP contribution in [0.1, 0.15) is 44.4 Å². The van der Waals surface area contributed by atoms with Crippen molar-refractivity contribution in [2.45, 2.75) is 45.4 Å². The maximum Gasteiger partial charge on any atom is 0.271 e. The number of hydrogen-bond acceptors (Lipinski definition) is 4. The predicted molar refractivity (Wildman–Crippen MR) is 108 cm³/mol. The molecule has 2 aromatic rings. The lowest BCUT2D eigenvalue weighted by Crippen LogP contribution is -2.49. The largest absolute Gasteiger partial charge is 0.371 e.